The van der Waals surface area contributed by atoms with Crippen LogP contribution in [0, 0.1) is 5.92 Å². The maximum Gasteiger partial charge on any atom is 0.122 e. The molecule has 0 aromatic heterocycles. The van der Waals surface area contributed by atoms with E-state index in [1.54, 1.807) is 0 Å². The van der Waals surface area contributed by atoms with E-state index < -0.39 is 0 Å². The van der Waals surface area contributed by atoms with E-state index in [9.17, 15) is 0 Å². The Bertz CT molecular complexity index is 351. The minimum Gasteiger partial charge on any atom is -0.490 e. The first-order valence-corrected chi connectivity index (χ1v) is 6.74. The summed E-state index contributed by atoms with van der Waals surface area (Å²) < 4.78 is 6.15. The van der Waals surface area contributed by atoms with Crippen LogP contribution in [0.3, 0.4) is 0 Å². The summed E-state index contributed by atoms with van der Waals surface area (Å²) in [5.41, 5.74) is 6.87. The van der Waals surface area contributed by atoms with Crippen LogP contribution in [-0.2, 0) is 6.42 Å². The molecule has 0 bridgehead atoms. The normalized spacial score (nSPS) is 24.6. The molecule has 1 fully saturated rings. The molecule has 0 heterocycles. The Kier molecular flexibility index (Phi) is 4.43. The zero-order chi connectivity index (χ0) is 12.1. The van der Waals surface area contributed by atoms with Crippen molar-refractivity contribution < 1.29 is 4.74 Å². The van der Waals surface area contributed by atoms with Crippen LogP contribution in [0.25, 0.3) is 0 Å². The lowest BCUT2D eigenvalue weighted by atomic mass is 9.88. The van der Waals surface area contributed by atoms with Crippen molar-refractivity contribution in [3.63, 3.8) is 0 Å². The Balaban J connectivity index is 2.01. The summed E-state index contributed by atoms with van der Waals surface area (Å²) >= 11 is 0. The minimum atomic E-state index is 0.401. The molecule has 2 N–H and O–H groups in total. The monoisotopic (exact) mass is 233 g/mol. The van der Waals surface area contributed by atoms with Gasteiger partial charge in [-0.3, -0.25) is 0 Å². The Morgan fingerprint density at radius 1 is 1.29 bits per heavy atom. The molecule has 94 valence electrons. The van der Waals surface area contributed by atoms with E-state index in [4.69, 9.17) is 10.5 Å². The van der Waals surface area contributed by atoms with Gasteiger partial charge in [-0.2, -0.15) is 0 Å². The second-order valence-corrected chi connectivity index (χ2v) is 5.16. The fraction of sp³-hybridized carbons (Fsp3) is 0.600. The molecule has 17 heavy (non-hydrogen) atoms. The molecule has 1 aliphatic carbocycles. The molecule has 1 aromatic carbocycles. The summed E-state index contributed by atoms with van der Waals surface area (Å²) in [6, 6.07) is 8.29. The largest absolute Gasteiger partial charge is 0.490 e. The summed E-state index contributed by atoms with van der Waals surface area (Å²) in [5, 5.41) is 0. The van der Waals surface area contributed by atoms with E-state index in [1.165, 1.54) is 31.2 Å². The molecule has 2 atom stereocenters. The number of hydrogen-bond acceptors (Lipinski definition) is 2. The molecule has 1 aliphatic rings. The first-order chi connectivity index (χ1) is 8.29. The number of benzene rings is 1. The highest BCUT2D eigenvalue weighted by Crippen LogP contribution is 2.28. The highest BCUT2D eigenvalue weighted by atomic mass is 16.5. The van der Waals surface area contributed by atoms with Gasteiger partial charge in [-0.1, -0.05) is 31.5 Å². The van der Waals surface area contributed by atoms with Crippen molar-refractivity contribution in [2.45, 2.75) is 45.1 Å². The van der Waals surface area contributed by atoms with E-state index in [2.05, 4.69) is 25.1 Å². The van der Waals surface area contributed by atoms with E-state index in [0.29, 0.717) is 12.6 Å². The molecule has 0 aliphatic heterocycles. The van der Waals surface area contributed by atoms with Crippen molar-refractivity contribution >= 4 is 0 Å². The lowest BCUT2D eigenvalue weighted by Crippen LogP contribution is -2.24. The zero-order valence-corrected chi connectivity index (χ0v) is 10.7. The van der Waals surface area contributed by atoms with Gasteiger partial charge in [0.05, 0.1) is 6.10 Å². The highest BCUT2D eigenvalue weighted by Gasteiger charge is 2.20. The van der Waals surface area contributed by atoms with Gasteiger partial charge >= 0.3 is 0 Å². The van der Waals surface area contributed by atoms with Crippen molar-refractivity contribution in [2.75, 3.05) is 6.54 Å². The molecular formula is C15H23NO. The Morgan fingerprint density at radius 3 is 2.88 bits per heavy atom. The van der Waals surface area contributed by atoms with Crippen molar-refractivity contribution in [1.29, 1.82) is 0 Å². The van der Waals surface area contributed by atoms with Crippen molar-refractivity contribution in [3.8, 4) is 5.75 Å². The third-order valence-electron chi connectivity index (χ3n) is 3.57. The van der Waals surface area contributed by atoms with E-state index in [0.717, 1.165) is 18.1 Å². The predicted octanol–water partition coefficient (Wildman–Crippen LogP) is 3.15. The third kappa shape index (κ3) is 3.47. The smallest absolute Gasteiger partial charge is 0.122 e. The maximum absolute atomic E-state index is 6.15. The van der Waals surface area contributed by atoms with Crippen molar-refractivity contribution in [3.05, 3.63) is 29.8 Å². The van der Waals surface area contributed by atoms with Gasteiger partial charge in [-0.05, 0) is 49.8 Å². The number of nitrogens with two attached hydrogens (primary N) is 1. The molecule has 1 aromatic rings. The van der Waals surface area contributed by atoms with Gasteiger partial charge in [0.25, 0.3) is 0 Å². The fourth-order valence-electron chi connectivity index (χ4n) is 2.65. The molecule has 0 saturated heterocycles. The fourth-order valence-corrected chi connectivity index (χ4v) is 2.65. The first kappa shape index (κ1) is 12.4. The molecule has 0 amide bonds. The molecule has 2 unspecified atom stereocenters. The van der Waals surface area contributed by atoms with Gasteiger partial charge < -0.3 is 10.5 Å². The van der Waals surface area contributed by atoms with Crippen LogP contribution in [0.1, 0.15) is 38.2 Å². The standard InChI is InChI=1S/C15H23NO/c1-12-5-4-7-14(11-12)17-15-8-3-2-6-13(15)9-10-16/h2-3,6,8,12,14H,4-5,7,9-11,16H2,1H3. The average Bonchev–Trinajstić information content (AvgIpc) is 2.32. The van der Waals surface area contributed by atoms with Crippen LogP contribution in [0.15, 0.2) is 24.3 Å². The molecule has 2 heteroatoms. The number of para-hydroxylation sites is 1. The van der Waals surface area contributed by atoms with Gasteiger partial charge in [-0.15, -0.1) is 0 Å². The van der Waals surface area contributed by atoms with Gasteiger partial charge in [0, 0.05) is 0 Å². The second kappa shape index (κ2) is 6.06. The van der Waals surface area contributed by atoms with E-state index >= 15 is 0 Å². The Labute approximate surface area is 104 Å². The Hall–Kier alpha value is -1.02. The highest BCUT2D eigenvalue weighted by molar-refractivity contribution is 5.33. The van der Waals surface area contributed by atoms with E-state index in [-0.39, 0.29) is 0 Å². The Morgan fingerprint density at radius 2 is 2.12 bits per heavy atom. The summed E-state index contributed by atoms with van der Waals surface area (Å²) in [4.78, 5) is 0. The van der Waals surface area contributed by atoms with Crippen LogP contribution in [-0.4, -0.2) is 12.6 Å². The second-order valence-electron chi connectivity index (χ2n) is 5.16. The van der Waals surface area contributed by atoms with Crippen LogP contribution in [0.2, 0.25) is 0 Å². The quantitative estimate of drug-likeness (QED) is 0.867. The van der Waals surface area contributed by atoms with Gasteiger partial charge in [-0.25, -0.2) is 0 Å². The number of ether oxygens (including phenoxy) is 1. The minimum absolute atomic E-state index is 0.401. The van der Waals surface area contributed by atoms with Crippen LogP contribution < -0.4 is 10.5 Å². The molecule has 2 nitrogen and oxygen atoms in total. The topological polar surface area (TPSA) is 35.2 Å². The van der Waals surface area contributed by atoms with Crippen molar-refractivity contribution in [2.24, 2.45) is 11.7 Å². The molecule has 0 spiro atoms. The third-order valence-corrected chi connectivity index (χ3v) is 3.57. The molecular weight excluding hydrogens is 210 g/mol. The van der Waals surface area contributed by atoms with Gasteiger partial charge in [0.15, 0.2) is 0 Å². The first-order valence-electron chi connectivity index (χ1n) is 6.74. The summed E-state index contributed by atoms with van der Waals surface area (Å²) in [7, 11) is 0. The zero-order valence-electron chi connectivity index (χ0n) is 10.7. The summed E-state index contributed by atoms with van der Waals surface area (Å²) in [6.45, 7) is 3.00. The SMILES string of the molecule is CC1CCCC(Oc2ccccc2CCN)C1. The summed E-state index contributed by atoms with van der Waals surface area (Å²) in [6.07, 6.45) is 6.34. The predicted molar refractivity (Wildman–Crippen MR) is 71.2 cm³/mol. The van der Waals surface area contributed by atoms with Gasteiger partial charge in [0.2, 0.25) is 0 Å². The van der Waals surface area contributed by atoms with Crippen LogP contribution >= 0.6 is 0 Å². The van der Waals surface area contributed by atoms with Crippen LogP contribution in [0.5, 0.6) is 5.75 Å². The van der Waals surface area contributed by atoms with Gasteiger partial charge in [0.1, 0.15) is 5.75 Å². The number of hydrogen-bond donors (Lipinski definition) is 1. The lowest BCUT2D eigenvalue weighted by Gasteiger charge is -2.28. The maximum atomic E-state index is 6.15. The summed E-state index contributed by atoms with van der Waals surface area (Å²) in [5.74, 6) is 1.84. The molecule has 2 rings (SSSR count). The van der Waals surface area contributed by atoms with Crippen molar-refractivity contribution in [1.82, 2.24) is 0 Å². The lowest BCUT2D eigenvalue weighted by molar-refractivity contribution is 0.128. The molecule has 0 radical (unpaired) electrons. The molecule has 1 saturated carbocycles. The van der Waals surface area contributed by atoms with Crippen LogP contribution in [0.4, 0.5) is 0 Å². The number of rotatable bonds is 4. The average molecular weight is 233 g/mol. The van der Waals surface area contributed by atoms with E-state index in [1.807, 2.05) is 6.07 Å².